The van der Waals surface area contributed by atoms with Crippen LogP contribution in [-0.2, 0) is 28.0 Å². The largest absolute Gasteiger partial charge is 0.352 e. The summed E-state index contributed by atoms with van der Waals surface area (Å²) in [7, 11) is 1.81. The smallest absolute Gasteiger partial charge is 0.236 e. The highest BCUT2D eigenvalue weighted by atomic mass is 16.2. The first-order valence-corrected chi connectivity index (χ1v) is 8.53. The first kappa shape index (κ1) is 17.2. The van der Waals surface area contributed by atoms with E-state index in [0.29, 0.717) is 13.0 Å². The van der Waals surface area contributed by atoms with Crippen molar-refractivity contribution in [1.82, 2.24) is 5.32 Å². The minimum atomic E-state index is -0.523. The van der Waals surface area contributed by atoms with Crippen LogP contribution in [0.3, 0.4) is 0 Å². The van der Waals surface area contributed by atoms with E-state index in [2.05, 4.69) is 5.32 Å². The number of nitrogens with one attached hydrogen (secondary N) is 1. The van der Waals surface area contributed by atoms with E-state index in [1.807, 2.05) is 63.2 Å². The van der Waals surface area contributed by atoms with Crippen LogP contribution >= 0.6 is 0 Å². The summed E-state index contributed by atoms with van der Waals surface area (Å²) >= 11 is 0. The van der Waals surface area contributed by atoms with Crippen LogP contribution in [0.5, 0.6) is 0 Å². The molecule has 2 aromatic rings. The van der Waals surface area contributed by atoms with Crippen LogP contribution in [0, 0.1) is 6.92 Å². The summed E-state index contributed by atoms with van der Waals surface area (Å²) in [6, 6.07) is 13.9. The van der Waals surface area contributed by atoms with E-state index in [0.717, 1.165) is 27.9 Å². The van der Waals surface area contributed by atoms with Crippen LogP contribution in [0.25, 0.3) is 0 Å². The maximum Gasteiger partial charge on any atom is 0.236 e. The fraction of sp³-hybridized carbons (Fsp3) is 0.333. The number of hydrogen-bond acceptors (Lipinski definition) is 2. The predicted molar refractivity (Wildman–Crippen MR) is 99.6 cm³/mol. The third-order valence-electron chi connectivity index (χ3n) is 5.04. The molecule has 4 heteroatoms. The highest BCUT2D eigenvalue weighted by Gasteiger charge is 2.42. The van der Waals surface area contributed by atoms with E-state index in [9.17, 15) is 9.59 Å². The number of fused-ring (bicyclic) bond motifs is 1. The molecule has 0 aromatic heterocycles. The molecule has 1 aliphatic heterocycles. The SMILES string of the molecule is Cc1ccccc1CC(=O)NCc1ccc2c(c1)C(C)(C)C(=O)N2C. The van der Waals surface area contributed by atoms with E-state index in [-0.39, 0.29) is 11.8 Å². The van der Waals surface area contributed by atoms with Gasteiger partial charge >= 0.3 is 0 Å². The Morgan fingerprint density at radius 3 is 2.60 bits per heavy atom. The fourth-order valence-corrected chi connectivity index (χ4v) is 3.37. The van der Waals surface area contributed by atoms with Crippen molar-refractivity contribution in [2.24, 2.45) is 0 Å². The average Bonchev–Trinajstić information content (AvgIpc) is 2.76. The number of aryl methyl sites for hydroxylation is 1. The quantitative estimate of drug-likeness (QED) is 0.933. The number of carbonyl (C=O) groups excluding carboxylic acids is 2. The van der Waals surface area contributed by atoms with Gasteiger partial charge < -0.3 is 10.2 Å². The molecule has 4 nitrogen and oxygen atoms in total. The van der Waals surface area contributed by atoms with Gasteiger partial charge in [-0.05, 0) is 49.1 Å². The van der Waals surface area contributed by atoms with Gasteiger partial charge in [-0.2, -0.15) is 0 Å². The maximum absolute atomic E-state index is 12.4. The normalized spacial score (nSPS) is 15.2. The van der Waals surface area contributed by atoms with Gasteiger partial charge in [-0.25, -0.2) is 0 Å². The topological polar surface area (TPSA) is 49.4 Å². The molecule has 0 saturated carbocycles. The second-order valence-electron chi connectivity index (χ2n) is 7.22. The number of rotatable bonds is 4. The van der Waals surface area contributed by atoms with Crippen molar-refractivity contribution in [3.05, 3.63) is 64.7 Å². The highest BCUT2D eigenvalue weighted by molar-refractivity contribution is 6.07. The minimum absolute atomic E-state index is 0.00209. The third-order valence-corrected chi connectivity index (χ3v) is 5.04. The Labute approximate surface area is 148 Å². The molecule has 130 valence electrons. The molecule has 1 aliphatic rings. The molecule has 0 spiro atoms. The van der Waals surface area contributed by atoms with Crippen molar-refractivity contribution in [3.63, 3.8) is 0 Å². The molecule has 0 unspecified atom stereocenters. The van der Waals surface area contributed by atoms with Gasteiger partial charge in [-0.15, -0.1) is 0 Å². The molecule has 0 bridgehead atoms. The Morgan fingerprint density at radius 1 is 1.16 bits per heavy atom. The van der Waals surface area contributed by atoms with Crippen molar-refractivity contribution in [1.29, 1.82) is 0 Å². The lowest BCUT2D eigenvalue weighted by atomic mass is 9.85. The first-order valence-electron chi connectivity index (χ1n) is 8.53. The number of hydrogen-bond donors (Lipinski definition) is 1. The predicted octanol–water partition coefficient (Wildman–Crippen LogP) is 3.11. The van der Waals surface area contributed by atoms with Gasteiger partial charge in [0, 0.05) is 19.3 Å². The lowest BCUT2D eigenvalue weighted by Gasteiger charge is -2.17. The fourth-order valence-electron chi connectivity index (χ4n) is 3.37. The molecule has 0 atom stereocenters. The number of amides is 2. The summed E-state index contributed by atoms with van der Waals surface area (Å²) in [6.07, 6.45) is 0.379. The average molecular weight is 336 g/mol. The zero-order chi connectivity index (χ0) is 18.2. The van der Waals surface area contributed by atoms with Crippen molar-refractivity contribution in [3.8, 4) is 0 Å². The zero-order valence-corrected chi connectivity index (χ0v) is 15.2. The molecule has 1 heterocycles. The molecule has 25 heavy (non-hydrogen) atoms. The second-order valence-corrected chi connectivity index (χ2v) is 7.22. The van der Waals surface area contributed by atoms with Crippen LogP contribution in [-0.4, -0.2) is 18.9 Å². The first-order chi connectivity index (χ1) is 11.8. The lowest BCUT2D eigenvalue weighted by Crippen LogP contribution is -2.33. The van der Waals surface area contributed by atoms with E-state index in [1.165, 1.54) is 0 Å². The van der Waals surface area contributed by atoms with Crippen molar-refractivity contribution in [2.75, 3.05) is 11.9 Å². The number of anilines is 1. The number of nitrogens with zero attached hydrogens (tertiary/aromatic N) is 1. The Hall–Kier alpha value is -2.62. The summed E-state index contributed by atoms with van der Waals surface area (Å²) < 4.78 is 0. The summed E-state index contributed by atoms with van der Waals surface area (Å²) in [5.41, 5.74) is 4.62. The molecule has 2 aromatic carbocycles. The number of benzene rings is 2. The van der Waals surface area contributed by atoms with E-state index < -0.39 is 5.41 Å². The van der Waals surface area contributed by atoms with Gasteiger partial charge in [-0.3, -0.25) is 9.59 Å². The van der Waals surface area contributed by atoms with E-state index in [4.69, 9.17) is 0 Å². The van der Waals surface area contributed by atoms with E-state index >= 15 is 0 Å². The van der Waals surface area contributed by atoms with Gasteiger partial charge in [0.25, 0.3) is 0 Å². The van der Waals surface area contributed by atoms with Crippen molar-refractivity contribution in [2.45, 2.75) is 39.2 Å². The van der Waals surface area contributed by atoms with E-state index in [1.54, 1.807) is 11.9 Å². The Balaban J connectivity index is 1.69. The lowest BCUT2D eigenvalue weighted by molar-refractivity contribution is -0.122. The number of likely N-dealkylation sites (N-methyl/N-ethyl adjacent to an activating group) is 1. The molecular weight excluding hydrogens is 312 g/mol. The second kappa shape index (κ2) is 6.36. The summed E-state index contributed by atoms with van der Waals surface area (Å²) in [6.45, 7) is 6.36. The molecule has 2 amide bonds. The van der Waals surface area contributed by atoms with Crippen LogP contribution < -0.4 is 10.2 Å². The van der Waals surface area contributed by atoms with Gasteiger partial charge in [0.1, 0.15) is 0 Å². The maximum atomic E-state index is 12.4. The standard InChI is InChI=1S/C21H24N2O2/c1-14-7-5-6-8-16(14)12-19(24)22-13-15-9-10-18-17(11-15)21(2,3)20(25)23(18)4/h5-11H,12-13H2,1-4H3,(H,22,24). The molecule has 1 N–H and O–H groups in total. The molecule has 3 rings (SSSR count). The molecule has 0 fully saturated rings. The van der Waals surface area contributed by atoms with Gasteiger partial charge in [-0.1, -0.05) is 36.4 Å². The molecule has 0 radical (unpaired) electrons. The number of carbonyl (C=O) groups is 2. The molecular formula is C21H24N2O2. The van der Waals surface area contributed by atoms with Crippen LogP contribution in [0.15, 0.2) is 42.5 Å². The summed E-state index contributed by atoms with van der Waals surface area (Å²) in [5, 5.41) is 2.98. The van der Waals surface area contributed by atoms with Crippen molar-refractivity contribution >= 4 is 17.5 Å². The van der Waals surface area contributed by atoms with Crippen LogP contribution in [0.2, 0.25) is 0 Å². The van der Waals surface area contributed by atoms with Crippen LogP contribution in [0.1, 0.15) is 36.1 Å². The van der Waals surface area contributed by atoms with Crippen LogP contribution in [0.4, 0.5) is 5.69 Å². The molecule has 0 saturated heterocycles. The zero-order valence-electron chi connectivity index (χ0n) is 15.2. The van der Waals surface area contributed by atoms with Gasteiger partial charge in [0.15, 0.2) is 0 Å². The third kappa shape index (κ3) is 3.16. The Kier molecular flexibility index (Phi) is 4.38. The monoisotopic (exact) mass is 336 g/mol. The minimum Gasteiger partial charge on any atom is -0.352 e. The van der Waals surface area contributed by atoms with Crippen molar-refractivity contribution < 1.29 is 9.59 Å². The Morgan fingerprint density at radius 2 is 1.88 bits per heavy atom. The molecule has 0 aliphatic carbocycles. The highest BCUT2D eigenvalue weighted by Crippen LogP contribution is 2.40. The summed E-state index contributed by atoms with van der Waals surface area (Å²) in [4.78, 5) is 26.3. The Bertz CT molecular complexity index is 840. The van der Waals surface area contributed by atoms with Gasteiger partial charge in [0.2, 0.25) is 11.8 Å². The van der Waals surface area contributed by atoms with Gasteiger partial charge in [0.05, 0.1) is 11.8 Å². The summed E-state index contributed by atoms with van der Waals surface area (Å²) in [5.74, 6) is 0.102.